The summed E-state index contributed by atoms with van der Waals surface area (Å²) in [4.78, 5) is 0. The largest absolute Gasteiger partial charge is 0.133 e. The molecule has 1 aliphatic carbocycles. The zero-order valence-electron chi connectivity index (χ0n) is 14.8. The van der Waals surface area contributed by atoms with E-state index in [1.54, 1.807) is 0 Å². The molecular weight excluding hydrogens is 283 g/mol. The molecule has 0 saturated carbocycles. The van der Waals surface area contributed by atoms with Crippen LogP contribution < -0.4 is 0 Å². The summed E-state index contributed by atoms with van der Waals surface area (Å²) in [7, 11) is 2.80. The molecule has 0 bridgehead atoms. The number of hydrogen-bond donors (Lipinski definition) is 0. The van der Waals surface area contributed by atoms with E-state index in [-0.39, 0.29) is 0 Å². The van der Waals surface area contributed by atoms with Gasteiger partial charge in [0.25, 0.3) is 0 Å². The van der Waals surface area contributed by atoms with Gasteiger partial charge in [-0.25, -0.2) is 0 Å². The van der Waals surface area contributed by atoms with Crippen LogP contribution in [0.15, 0.2) is 48.0 Å². The minimum atomic E-state index is 1.01. The molecular formula is C21H29P. The first-order valence-electron chi connectivity index (χ1n) is 8.33. The Morgan fingerprint density at radius 3 is 1.86 bits per heavy atom. The Morgan fingerprint density at radius 2 is 1.32 bits per heavy atom. The first kappa shape index (κ1) is 18.7. The van der Waals surface area contributed by atoms with E-state index in [1.165, 1.54) is 39.0 Å². The monoisotopic (exact) mass is 312 g/mol. The van der Waals surface area contributed by atoms with Crippen molar-refractivity contribution in [2.24, 2.45) is 0 Å². The van der Waals surface area contributed by atoms with Gasteiger partial charge in [0, 0.05) is 0 Å². The standard InChI is InChI=1S/C17H17P.2C2H6/c1-11(2)17-15-6-4-3-5-13(15)14-8-7-12(10-18)9-16(14)17;2*1-2/h3-9H,10,18H2,1-2H3;2*1-2H3. The number of fused-ring (bicyclic) bond motifs is 3. The molecule has 0 amide bonds. The van der Waals surface area contributed by atoms with Gasteiger partial charge >= 0.3 is 0 Å². The van der Waals surface area contributed by atoms with Crippen LogP contribution in [0.3, 0.4) is 0 Å². The third kappa shape index (κ3) is 3.50. The summed E-state index contributed by atoms with van der Waals surface area (Å²) in [5.41, 5.74) is 9.72. The molecule has 2 aromatic rings. The van der Waals surface area contributed by atoms with Crippen LogP contribution in [0.4, 0.5) is 0 Å². The predicted molar refractivity (Wildman–Crippen MR) is 105 cm³/mol. The maximum Gasteiger partial charge on any atom is -0.00967 e. The second kappa shape index (κ2) is 8.91. The van der Waals surface area contributed by atoms with E-state index in [2.05, 4.69) is 65.6 Å². The van der Waals surface area contributed by atoms with Gasteiger partial charge < -0.3 is 0 Å². The van der Waals surface area contributed by atoms with Crippen LogP contribution in [0.5, 0.6) is 0 Å². The van der Waals surface area contributed by atoms with Gasteiger partial charge in [0.15, 0.2) is 0 Å². The zero-order chi connectivity index (χ0) is 16.7. The van der Waals surface area contributed by atoms with Gasteiger partial charge in [-0.2, -0.15) is 0 Å². The van der Waals surface area contributed by atoms with E-state index in [9.17, 15) is 0 Å². The van der Waals surface area contributed by atoms with Crippen LogP contribution in [-0.2, 0) is 6.16 Å². The first-order valence-corrected chi connectivity index (χ1v) is 9.14. The van der Waals surface area contributed by atoms with E-state index in [1.807, 2.05) is 27.7 Å². The zero-order valence-corrected chi connectivity index (χ0v) is 16.0. The van der Waals surface area contributed by atoms with Crippen molar-refractivity contribution < 1.29 is 0 Å². The Balaban J connectivity index is 0.000000561. The van der Waals surface area contributed by atoms with Crippen molar-refractivity contribution in [1.82, 2.24) is 0 Å². The highest BCUT2D eigenvalue weighted by Crippen LogP contribution is 2.45. The van der Waals surface area contributed by atoms with Crippen LogP contribution >= 0.6 is 9.24 Å². The highest BCUT2D eigenvalue weighted by molar-refractivity contribution is 7.15. The molecule has 2 aromatic carbocycles. The molecule has 0 N–H and O–H groups in total. The van der Waals surface area contributed by atoms with Crippen molar-refractivity contribution in [1.29, 1.82) is 0 Å². The van der Waals surface area contributed by atoms with Crippen LogP contribution in [0.2, 0.25) is 0 Å². The average molecular weight is 312 g/mol. The number of allylic oxidation sites excluding steroid dienone is 1. The summed E-state index contributed by atoms with van der Waals surface area (Å²) < 4.78 is 0. The lowest BCUT2D eigenvalue weighted by Crippen LogP contribution is -1.86. The van der Waals surface area contributed by atoms with E-state index in [4.69, 9.17) is 0 Å². The van der Waals surface area contributed by atoms with E-state index in [0.717, 1.165) is 6.16 Å². The number of benzene rings is 2. The molecule has 0 heterocycles. The lowest BCUT2D eigenvalue weighted by molar-refractivity contribution is 1.37. The van der Waals surface area contributed by atoms with Crippen LogP contribution in [0.25, 0.3) is 16.7 Å². The number of hydrogen-bond acceptors (Lipinski definition) is 0. The lowest BCUT2D eigenvalue weighted by Gasteiger charge is -2.06. The summed E-state index contributed by atoms with van der Waals surface area (Å²) in [6, 6.07) is 15.6. The molecule has 0 nitrogen and oxygen atoms in total. The minimum absolute atomic E-state index is 1.01. The molecule has 0 aliphatic heterocycles. The van der Waals surface area contributed by atoms with Crippen molar-refractivity contribution in [3.05, 3.63) is 64.7 Å². The molecule has 1 atom stereocenters. The Kier molecular flexibility index (Phi) is 7.56. The summed E-state index contributed by atoms with van der Waals surface area (Å²) in [5.74, 6) is 0. The smallest absolute Gasteiger partial charge is 0.00967 e. The number of rotatable bonds is 1. The fourth-order valence-electron chi connectivity index (χ4n) is 2.78. The quantitative estimate of drug-likeness (QED) is 0.427. The fraction of sp³-hybridized carbons (Fsp3) is 0.333. The van der Waals surface area contributed by atoms with Gasteiger partial charge in [-0.05, 0) is 53.4 Å². The van der Waals surface area contributed by atoms with Crippen LogP contribution in [0.1, 0.15) is 58.2 Å². The molecule has 0 fully saturated rings. The lowest BCUT2D eigenvalue weighted by atomic mass is 9.98. The maximum atomic E-state index is 2.80. The van der Waals surface area contributed by atoms with Gasteiger partial charge in [-0.1, -0.05) is 75.7 Å². The highest BCUT2D eigenvalue weighted by Gasteiger charge is 2.23. The van der Waals surface area contributed by atoms with Crippen molar-refractivity contribution in [3.8, 4) is 11.1 Å². The van der Waals surface area contributed by atoms with Gasteiger partial charge in [0.05, 0.1) is 0 Å². The second-order valence-electron chi connectivity index (χ2n) is 5.00. The summed E-state index contributed by atoms with van der Waals surface area (Å²) in [5, 5.41) is 0. The predicted octanol–water partition coefficient (Wildman–Crippen LogP) is 6.94. The summed E-state index contributed by atoms with van der Waals surface area (Å²) in [6.07, 6.45) is 1.01. The molecule has 0 saturated heterocycles. The molecule has 0 radical (unpaired) electrons. The Morgan fingerprint density at radius 1 is 0.773 bits per heavy atom. The average Bonchev–Trinajstić information content (AvgIpc) is 2.92. The normalized spacial score (nSPS) is 10.6. The van der Waals surface area contributed by atoms with Crippen molar-refractivity contribution in [2.75, 3.05) is 0 Å². The molecule has 1 aliphatic rings. The molecule has 118 valence electrons. The van der Waals surface area contributed by atoms with Crippen molar-refractivity contribution >= 4 is 14.8 Å². The molecule has 1 unspecified atom stereocenters. The topological polar surface area (TPSA) is 0 Å². The Bertz CT molecular complexity index is 647. The summed E-state index contributed by atoms with van der Waals surface area (Å²) >= 11 is 0. The van der Waals surface area contributed by atoms with E-state index >= 15 is 0 Å². The molecule has 0 spiro atoms. The van der Waals surface area contributed by atoms with Crippen LogP contribution in [0, 0.1) is 0 Å². The third-order valence-electron chi connectivity index (χ3n) is 3.58. The van der Waals surface area contributed by atoms with E-state index in [0.29, 0.717) is 0 Å². The first-order chi connectivity index (χ1) is 10.7. The SMILES string of the molecule is CC.CC.CC(C)=C1c2ccccc2-c2ccc(CP)cc21. The van der Waals surface area contributed by atoms with Crippen molar-refractivity contribution in [2.45, 2.75) is 47.7 Å². The maximum absolute atomic E-state index is 2.80. The van der Waals surface area contributed by atoms with Crippen LogP contribution in [-0.4, -0.2) is 0 Å². The second-order valence-corrected chi connectivity index (χ2v) is 5.41. The minimum Gasteiger partial charge on any atom is -0.133 e. The van der Waals surface area contributed by atoms with E-state index < -0.39 is 0 Å². The summed E-state index contributed by atoms with van der Waals surface area (Å²) in [6.45, 7) is 12.4. The highest BCUT2D eigenvalue weighted by atomic mass is 31.0. The molecule has 1 heteroatoms. The fourth-order valence-corrected chi connectivity index (χ4v) is 3.03. The molecule has 3 rings (SSSR count). The van der Waals surface area contributed by atoms with Gasteiger partial charge in [0.1, 0.15) is 0 Å². The van der Waals surface area contributed by atoms with Gasteiger partial charge in [-0.3, -0.25) is 0 Å². The van der Waals surface area contributed by atoms with Gasteiger partial charge in [-0.15, -0.1) is 9.24 Å². The third-order valence-corrected chi connectivity index (χ3v) is 4.05. The van der Waals surface area contributed by atoms with Gasteiger partial charge in [0.2, 0.25) is 0 Å². The Hall–Kier alpha value is -1.39. The molecule has 22 heavy (non-hydrogen) atoms. The molecule has 0 aromatic heterocycles. The Labute approximate surface area is 138 Å². The van der Waals surface area contributed by atoms with Crippen molar-refractivity contribution in [3.63, 3.8) is 0 Å².